The highest BCUT2D eigenvalue weighted by Gasteiger charge is 2.19. The predicted octanol–water partition coefficient (Wildman–Crippen LogP) is 2.98. The molecule has 1 aliphatic rings. The molecular weight excluding hydrogens is 352 g/mol. The minimum absolute atomic E-state index is 0.0701. The van der Waals surface area contributed by atoms with Gasteiger partial charge in [0.1, 0.15) is 0 Å². The summed E-state index contributed by atoms with van der Waals surface area (Å²) in [6.45, 7) is 2.87. The summed E-state index contributed by atoms with van der Waals surface area (Å²) >= 11 is 0. The summed E-state index contributed by atoms with van der Waals surface area (Å²) in [6, 6.07) is 15.5. The lowest BCUT2D eigenvalue weighted by molar-refractivity contribution is -0.128. The van der Waals surface area contributed by atoms with Crippen molar-refractivity contribution in [3.8, 4) is 0 Å². The molecule has 0 saturated carbocycles. The quantitative estimate of drug-likeness (QED) is 0.645. The van der Waals surface area contributed by atoms with E-state index in [0.717, 1.165) is 42.5 Å². The number of carbonyl (C=O) groups excluding carboxylic acids is 2. The Morgan fingerprint density at radius 2 is 1.93 bits per heavy atom. The Morgan fingerprint density at radius 1 is 1.11 bits per heavy atom. The fourth-order valence-electron chi connectivity index (χ4n) is 3.59. The smallest absolute Gasteiger partial charge is 0.251 e. The van der Waals surface area contributed by atoms with Crippen LogP contribution in [-0.2, 0) is 17.9 Å². The van der Waals surface area contributed by atoms with E-state index in [4.69, 9.17) is 0 Å². The number of carbonyl (C=O) groups is 2. The van der Waals surface area contributed by atoms with E-state index in [-0.39, 0.29) is 11.8 Å². The number of nitrogens with zero attached hydrogens (tertiary/aromatic N) is 3. The molecule has 6 nitrogen and oxygen atoms in total. The Balaban J connectivity index is 1.25. The zero-order valence-electron chi connectivity index (χ0n) is 15.8. The van der Waals surface area contributed by atoms with E-state index in [1.807, 2.05) is 53.7 Å². The van der Waals surface area contributed by atoms with Crippen LogP contribution in [0, 0.1) is 0 Å². The monoisotopic (exact) mass is 376 g/mol. The van der Waals surface area contributed by atoms with Crippen LogP contribution < -0.4 is 5.32 Å². The van der Waals surface area contributed by atoms with E-state index in [2.05, 4.69) is 20.9 Å². The molecule has 0 radical (unpaired) electrons. The number of hydrogen-bond donors (Lipinski definition) is 1. The third kappa shape index (κ3) is 4.06. The summed E-state index contributed by atoms with van der Waals surface area (Å²) in [6.07, 6.45) is 4.27. The highest BCUT2D eigenvalue weighted by molar-refractivity contribution is 5.94. The second kappa shape index (κ2) is 8.25. The first-order chi connectivity index (χ1) is 13.7. The zero-order chi connectivity index (χ0) is 19.3. The molecule has 6 heteroatoms. The minimum Gasteiger partial charge on any atom is -0.352 e. The summed E-state index contributed by atoms with van der Waals surface area (Å²) in [5, 5.41) is 2.97. The largest absolute Gasteiger partial charge is 0.352 e. The van der Waals surface area contributed by atoms with Crippen LogP contribution in [-0.4, -0.2) is 39.4 Å². The number of imidazole rings is 1. The van der Waals surface area contributed by atoms with Crippen LogP contribution in [0.25, 0.3) is 11.0 Å². The maximum absolute atomic E-state index is 12.3. The van der Waals surface area contributed by atoms with Crippen molar-refractivity contribution in [2.24, 2.45) is 0 Å². The maximum Gasteiger partial charge on any atom is 0.251 e. The number of aryl methyl sites for hydroxylation is 1. The fraction of sp³-hybridized carbons (Fsp3) is 0.318. The van der Waals surface area contributed by atoms with Gasteiger partial charge in [0, 0.05) is 38.2 Å². The summed E-state index contributed by atoms with van der Waals surface area (Å²) in [7, 11) is 0. The highest BCUT2D eigenvalue weighted by atomic mass is 16.2. The van der Waals surface area contributed by atoms with Crippen molar-refractivity contribution in [2.75, 3.05) is 13.1 Å². The number of hydrogen-bond acceptors (Lipinski definition) is 3. The lowest BCUT2D eigenvalue weighted by Crippen LogP contribution is -2.25. The summed E-state index contributed by atoms with van der Waals surface area (Å²) in [5.41, 5.74) is 3.80. The average molecular weight is 376 g/mol. The van der Waals surface area contributed by atoms with Gasteiger partial charge in [0.25, 0.3) is 5.91 Å². The number of nitrogens with one attached hydrogen (secondary N) is 1. The third-order valence-electron chi connectivity index (χ3n) is 5.15. The van der Waals surface area contributed by atoms with E-state index in [9.17, 15) is 9.59 Å². The number of amides is 2. The van der Waals surface area contributed by atoms with E-state index < -0.39 is 0 Å². The standard InChI is InChI=1S/C22H24N4O2/c27-21-7-3-13-25(21)15-17-8-10-18(11-9-17)22(28)23-12-4-14-26-16-24-19-5-1-2-6-20(19)26/h1-2,5-6,8-11,16H,3-4,7,12-15H2,(H,23,28). The van der Waals surface area contributed by atoms with Crippen molar-refractivity contribution in [1.82, 2.24) is 19.8 Å². The van der Waals surface area contributed by atoms with E-state index in [1.165, 1.54) is 0 Å². The molecule has 2 amide bonds. The van der Waals surface area contributed by atoms with Crippen molar-refractivity contribution in [2.45, 2.75) is 32.4 Å². The van der Waals surface area contributed by atoms with Crippen LogP contribution in [0.15, 0.2) is 54.9 Å². The molecule has 28 heavy (non-hydrogen) atoms. The molecule has 0 atom stereocenters. The van der Waals surface area contributed by atoms with Gasteiger partial charge in [-0.05, 0) is 42.7 Å². The second-order valence-corrected chi connectivity index (χ2v) is 7.15. The average Bonchev–Trinajstić information content (AvgIpc) is 3.32. The molecule has 2 aromatic carbocycles. The third-order valence-corrected chi connectivity index (χ3v) is 5.15. The molecule has 0 unspecified atom stereocenters. The van der Waals surface area contributed by atoms with E-state index in [1.54, 1.807) is 0 Å². The number of likely N-dealkylation sites (tertiary alicyclic amines) is 1. The van der Waals surface area contributed by atoms with Crippen LogP contribution in [0.1, 0.15) is 35.2 Å². The lowest BCUT2D eigenvalue weighted by Gasteiger charge is -2.15. The summed E-state index contributed by atoms with van der Waals surface area (Å²) in [4.78, 5) is 30.3. The second-order valence-electron chi connectivity index (χ2n) is 7.15. The fourth-order valence-corrected chi connectivity index (χ4v) is 3.59. The van der Waals surface area contributed by atoms with Crippen LogP contribution in [0.5, 0.6) is 0 Å². The van der Waals surface area contributed by atoms with Crippen molar-refractivity contribution < 1.29 is 9.59 Å². The normalized spacial score (nSPS) is 14.0. The van der Waals surface area contributed by atoms with Gasteiger partial charge in [0.15, 0.2) is 0 Å². The lowest BCUT2D eigenvalue weighted by atomic mass is 10.1. The first-order valence-corrected chi connectivity index (χ1v) is 9.75. The van der Waals surface area contributed by atoms with Gasteiger partial charge in [-0.1, -0.05) is 24.3 Å². The summed E-state index contributed by atoms with van der Waals surface area (Å²) < 4.78 is 2.11. The number of rotatable bonds is 7. The molecule has 144 valence electrons. The molecule has 1 fully saturated rings. The topological polar surface area (TPSA) is 67.2 Å². The maximum atomic E-state index is 12.3. The Hall–Kier alpha value is -3.15. The molecule has 0 bridgehead atoms. The molecule has 1 saturated heterocycles. The Kier molecular flexibility index (Phi) is 5.37. The Labute approximate surface area is 164 Å². The van der Waals surface area contributed by atoms with E-state index >= 15 is 0 Å². The van der Waals surface area contributed by atoms with Crippen molar-refractivity contribution >= 4 is 22.8 Å². The minimum atomic E-state index is -0.0701. The van der Waals surface area contributed by atoms with Crippen LogP contribution in [0.3, 0.4) is 0 Å². The molecule has 1 N–H and O–H groups in total. The summed E-state index contributed by atoms with van der Waals surface area (Å²) in [5.74, 6) is 0.145. The molecule has 3 aromatic rings. The number of fused-ring (bicyclic) bond motifs is 1. The number of aromatic nitrogens is 2. The predicted molar refractivity (Wildman–Crippen MR) is 108 cm³/mol. The van der Waals surface area contributed by atoms with Gasteiger partial charge in [-0.25, -0.2) is 4.98 Å². The van der Waals surface area contributed by atoms with Crippen molar-refractivity contribution in [1.29, 1.82) is 0 Å². The van der Waals surface area contributed by atoms with Crippen LogP contribution >= 0.6 is 0 Å². The molecule has 2 heterocycles. The SMILES string of the molecule is O=C(NCCCn1cnc2ccccc21)c1ccc(CN2CCCC2=O)cc1. The van der Waals surface area contributed by atoms with Gasteiger partial charge < -0.3 is 14.8 Å². The first-order valence-electron chi connectivity index (χ1n) is 9.75. The van der Waals surface area contributed by atoms with Gasteiger partial charge in [-0.3, -0.25) is 9.59 Å². The Morgan fingerprint density at radius 3 is 2.71 bits per heavy atom. The molecule has 0 spiro atoms. The van der Waals surface area contributed by atoms with Crippen molar-refractivity contribution in [3.63, 3.8) is 0 Å². The molecular formula is C22H24N4O2. The van der Waals surface area contributed by atoms with Crippen LogP contribution in [0.2, 0.25) is 0 Å². The molecule has 4 rings (SSSR count). The van der Waals surface area contributed by atoms with Gasteiger partial charge in [0.05, 0.1) is 17.4 Å². The van der Waals surface area contributed by atoms with Gasteiger partial charge >= 0.3 is 0 Å². The van der Waals surface area contributed by atoms with Crippen molar-refractivity contribution in [3.05, 3.63) is 66.0 Å². The molecule has 1 aliphatic heterocycles. The number of benzene rings is 2. The first kappa shape index (κ1) is 18.2. The molecule has 1 aromatic heterocycles. The highest BCUT2D eigenvalue weighted by Crippen LogP contribution is 2.15. The van der Waals surface area contributed by atoms with Gasteiger partial charge in [-0.2, -0.15) is 0 Å². The Bertz CT molecular complexity index is 978. The zero-order valence-corrected chi connectivity index (χ0v) is 15.8. The van der Waals surface area contributed by atoms with Crippen LogP contribution in [0.4, 0.5) is 0 Å². The molecule has 0 aliphatic carbocycles. The van der Waals surface area contributed by atoms with Gasteiger partial charge in [0.2, 0.25) is 5.91 Å². The number of para-hydroxylation sites is 2. The van der Waals surface area contributed by atoms with Gasteiger partial charge in [-0.15, -0.1) is 0 Å². The van der Waals surface area contributed by atoms with E-state index in [0.29, 0.717) is 25.1 Å².